The van der Waals surface area contributed by atoms with Crippen LogP contribution in [0.5, 0.6) is 0 Å². The Labute approximate surface area is 169 Å². The number of unbranched alkanes of at least 4 members (excludes halogenated alkanes) is 4. The van der Waals surface area contributed by atoms with Gasteiger partial charge in [-0.2, -0.15) is 0 Å². The van der Waals surface area contributed by atoms with Crippen molar-refractivity contribution in [2.24, 2.45) is 5.92 Å². The van der Waals surface area contributed by atoms with Gasteiger partial charge in [-0.1, -0.05) is 63.3 Å². The van der Waals surface area contributed by atoms with Gasteiger partial charge in [0.2, 0.25) is 0 Å². The third kappa shape index (κ3) is 7.12. The number of carboxylic acids is 1. The molecule has 0 radical (unpaired) electrons. The van der Waals surface area contributed by atoms with Gasteiger partial charge < -0.3 is 10.2 Å². The molecule has 1 aliphatic rings. The lowest BCUT2D eigenvalue weighted by Gasteiger charge is -2.23. The third-order valence-electron chi connectivity index (χ3n) is 5.99. The fourth-order valence-electron chi connectivity index (χ4n) is 4.35. The topological polar surface area (TPSA) is 57.5 Å². The van der Waals surface area contributed by atoms with Gasteiger partial charge in [0.1, 0.15) is 0 Å². The van der Waals surface area contributed by atoms with Crippen LogP contribution in [-0.4, -0.2) is 21.6 Å². The van der Waals surface area contributed by atoms with Gasteiger partial charge >= 0.3 is 5.97 Å². The molecule has 2 rings (SSSR count). The summed E-state index contributed by atoms with van der Waals surface area (Å²) in [5, 5.41) is 19.2. The van der Waals surface area contributed by atoms with Crippen molar-refractivity contribution in [1.82, 2.24) is 0 Å². The molecule has 0 amide bonds. The zero-order valence-corrected chi connectivity index (χ0v) is 17.3. The summed E-state index contributed by atoms with van der Waals surface area (Å²) >= 11 is 6.63. The summed E-state index contributed by atoms with van der Waals surface area (Å²) in [7, 11) is 0. The summed E-state index contributed by atoms with van der Waals surface area (Å²) in [6, 6.07) is 8.54. The van der Waals surface area contributed by atoms with Crippen LogP contribution >= 0.6 is 11.6 Å². The number of carbonyl (C=O) groups is 1. The smallest absolute Gasteiger partial charge is 0.303 e. The first-order chi connectivity index (χ1) is 13.0. The number of halogens is 1. The van der Waals surface area contributed by atoms with E-state index in [1.807, 2.05) is 0 Å². The van der Waals surface area contributed by atoms with Crippen molar-refractivity contribution >= 4 is 17.6 Å². The monoisotopic (exact) mass is 394 g/mol. The molecule has 1 fully saturated rings. The van der Waals surface area contributed by atoms with Crippen molar-refractivity contribution in [3.05, 3.63) is 35.4 Å². The Morgan fingerprint density at radius 1 is 1.11 bits per heavy atom. The summed E-state index contributed by atoms with van der Waals surface area (Å²) in [5.74, 6) is 0.310. The highest BCUT2D eigenvalue weighted by atomic mass is 35.5. The molecule has 27 heavy (non-hydrogen) atoms. The number of aliphatic hydroxyl groups is 1. The van der Waals surface area contributed by atoms with E-state index in [2.05, 4.69) is 31.2 Å². The highest BCUT2D eigenvalue weighted by molar-refractivity contribution is 6.21. The van der Waals surface area contributed by atoms with Crippen molar-refractivity contribution in [2.45, 2.75) is 95.0 Å². The Hall–Kier alpha value is -1.06. The zero-order chi connectivity index (χ0) is 19.6. The molecule has 1 unspecified atom stereocenters. The molecule has 0 heterocycles. The van der Waals surface area contributed by atoms with Gasteiger partial charge in [0.15, 0.2) is 0 Å². The zero-order valence-electron chi connectivity index (χ0n) is 16.6. The molecule has 4 atom stereocenters. The normalized spacial score (nSPS) is 23.4. The lowest BCUT2D eigenvalue weighted by atomic mass is 9.84. The van der Waals surface area contributed by atoms with E-state index >= 15 is 0 Å². The molecule has 0 saturated heterocycles. The number of benzene rings is 1. The lowest BCUT2D eigenvalue weighted by molar-refractivity contribution is -0.137. The van der Waals surface area contributed by atoms with Crippen molar-refractivity contribution in [3.8, 4) is 0 Å². The second-order valence-electron chi connectivity index (χ2n) is 8.04. The Kier molecular flexibility index (Phi) is 9.64. The summed E-state index contributed by atoms with van der Waals surface area (Å²) < 4.78 is 0. The molecule has 152 valence electrons. The maximum absolute atomic E-state index is 10.6. The molecule has 1 aromatic carbocycles. The fraction of sp³-hybridized carbons (Fsp3) is 0.696. The lowest BCUT2D eigenvalue weighted by Crippen LogP contribution is -2.14. The average molecular weight is 395 g/mol. The van der Waals surface area contributed by atoms with E-state index in [4.69, 9.17) is 16.7 Å². The maximum atomic E-state index is 10.6. The fourth-order valence-corrected chi connectivity index (χ4v) is 4.78. The molecular weight excluding hydrogens is 360 g/mol. The molecule has 3 nitrogen and oxygen atoms in total. The number of hydrogen-bond acceptors (Lipinski definition) is 2. The molecule has 0 aromatic heterocycles. The number of carboxylic acid groups (broad SMARTS) is 1. The Morgan fingerprint density at radius 3 is 2.48 bits per heavy atom. The summed E-state index contributed by atoms with van der Waals surface area (Å²) in [6.45, 7) is 2.14. The largest absolute Gasteiger partial charge is 0.481 e. The molecule has 1 aliphatic carbocycles. The summed E-state index contributed by atoms with van der Waals surface area (Å²) in [4.78, 5) is 10.6. The Bertz CT molecular complexity index is 557. The van der Waals surface area contributed by atoms with Crippen molar-refractivity contribution < 1.29 is 15.0 Å². The van der Waals surface area contributed by atoms with Crippen LogP contribution in [0.2, 0.25) is 0 Å². The highest BCUT2D eigenvalue weighted by Crippen LogP contribution is 2.45. The average Bonchev–Trinajstić information content (AvgIpc) is 3.03. The van der Waals surface area contributed by atoms with Crippen LogP contribution in [0.1, 0.15) is 101 Å². The van der Waals surface area contributed by atoms with E-state index in [-0.39, 0.29) is 17.9 Å². The number of hydrogen-bond donors (Lipinski definition) is 2. The number of rotatable bonds is 12. The van der Waals surface area contributed by atoms with Gasteiger partial charge in [-0.3, -0.25) is 4.79 Å². The van der Waals surface area contributed by atoms with Crippen LogP contribution in [-0.2, 0) is 4.79 Å². The minimum atomic E-state index is -0.699. The molecule has 1 aromatic rings. The van der Waals surface area contributed by atoms with Gasteiger partial charge in [-0.15, -0.1) is 11.6 Å². The Morgan fingerprint density at radius 2 is 1.81 bits per heavy atom. The van der Waals surface area contributed by atoms with E-state index in [0.717, 1.165) is 69.8 Å². The Balaban J connectivity index is 1.85. The van der Waals surface area contributed by atoms with Crippen LogP contribution in [0.25, 0.3) is 0 Å². The second-order valence-corrected chi connectivity index (χ2v) is 8.60. The summed E-state index contributed by atoms with van der Waals surface area (Å²) in [5.41, 5.74) is 2.36. The van der Waals surface area contributed by atoms with E-state index in [1.165, 1.54) is 5.56 Å². The summed E-state index contributed by atoms with van der Waals surface area (Å²) in [6.07, 6.45) is 10.2. The maximum Gasteiger partial charge on any atom is 0.303 e. The van der Waals surface area contributed by atoms with Crippen molar-refractivity contribution in [3.63, 3.8) is 0 Å². The van der Waals surface area contributed by atoms with Crippen molar-refractivity contribution in [2.75, 3.05) is 0 Å². The molecule has 0 bridgehead atoms. The quantitative estimate of drug-likeness (QED) is 0.317. The molecule has 2 N–H and O–H groups in total. The van der Waals surface area contributed by atoms with Gasteiger partial charge in [-0.25, -0.2) is 0 Å². The predicted octanol–water partition coefficient (Wildman–Crippen LogP) is 6.44. The van der Waals surface area contributed by atoms with Crippen LogP contribution in [0.15, 0.2) is 24.3 Å². The minimum absolute atomic E-state index is 0.240. The van der Waals surface area contributed by atoms with E-state index in [1.54, 1.807) is 0 Å². The first kappa shape index (κ1) is 22.2. The van der Waals surface area contributed by atoms with Gasteiger partial charge in [-0.05, 0) is 55.1 Å². The minimum Gasteiger partial charge on any atom is -0.481 e. The van der Waals surface area contributed by atoms with Crippen molar-refractivity contribution in [1.29, 1.82) is 0 Å². The number of aliphatic hydroxyl groups excluding tert-OH is 1. The van der Waals surface area contributed by atoms with Crippen LogP contribution in [0, 0.1) is 5.92 Å². The molecule has 0 spiro atoms. The number of aliphatic carboxylic acids is 1. The first-order valence-corrected chi connectivity index (χ1v) is 11.1. The third-order valence-corrected chi connectivity index (χ3v) is 6.54. The predicted molar refractivity (Wildman–Crippen MR) is 111 cm³/mol. The van der Waals surface area contributed by atoms with E-state index < -0.39 is 5.97 Å². The van der Waals surface area contributed by atoms with Crippen LogP contribution in [0.4, 0.5) is 0 Å². The highest BCUT2D eigenvalue weighted by Gasteiger charge is 2.35. The van der Waals surface area contributed by atoms with E-state index in [9.17, 15) is 9.90 Å². The van der Waals surface area contributed by atoms with E-state index in [0.29, 0.717) is 11.8 Å². The SMILES string of the molecule is CCCCC(O)c1ccc([C@H]2CC[C@@H](Cl)[C@@H]2CCCCCCC(=O)O)cc1. The van der Waals surface area contributed by atoms with Gasteiger partial charge in [0, 0.05) is 11.8 Å². The first-order valence-electron chi connectivity index (χ1n) is 10.7. The van der Waals surface area contributed by atoms with Gasteiger partial charge in [0.05, 0.1) is 6.10 Å². The molecule has 1 saturated carbocycles. The number of alkyl halides is 1. The van der Waals surface area contributed by atoms with Gasteiger partial charge in [0.25, 0.3) is 0 Å². The second kappa shape index (κ2) is 11.7. The van der Waals surface area contributed by atoms with Crippen LogP contribution < -0.4 is 0 Å². The molecular formula is C23H35ClO3. The standard InChI is InChI=1S/C23H35ClO3/c1-2-3-9-22(25)18-13-11-17(12-14-18)19-15-16-21(24)20(19)8-6-4-5-7-10-23(26)27/h11-14,19-22,25H,2-10,15-16H2,1H3,(H,26,27)/t19-,20-,21-,22?/m1/s1. The molecule has 4 heteroatoms. The molecule has 0 aliphatic heterocycles. The van der Waals surface area contributed by atoms with Crippen LogP contribution in [0.3, 0.4) is 0 Å².